The molecule has 0 saturated heterocycles. The van der Waals surface area contributed by atoms with Crippen molar-refractivity contribution in [2.75, 3.05) is 0 Å². The number of pyridine rings is 2. The van der Waals surface area contributed by atoms with Gasteiger partial charge in [-0.1, -0.05) is 29.8 Å². The molecule has 0 atom stereocenters. The van der Waals surface area contributed by atoms with Crippen LogP contribution in [0, 0.1) is 0 Å². The molecule has 2 aromatic heterocycles. The summed E-state index contributed by atoms with van der Waals surface area (Å²) in [6.07, 6.45) is 3.09. The van der Waals surface area contributed by atoms with Gasteiger partial charge in [-0.3, -0.25) is 4.98 Å². The molecule has 3 aromatic rings. The molecule has 20 heavy (non-hydrogen) atoms. The SMILES string of the molecule is OCc1cc(Oc2cncc(Cl)c2)nc2ccccc12. The summed E-state index contributed by atoms with van der Waals surface area (Å²) in [4.78, 5) is 8.36. The minimum Gasteiger partial charge on any atom is -0.437 e. The van der Waals surface area contributed by atoms with Crippen LogP contribution in [0.1, 0.15) is 5.56 Å². The summed E-state index contributed by atoms with van der Waals surface area (Å²) in [5.41, 5.74) is 1.53. The van der Waals surface area contributed by atoms with E-state index in [0.29, 0.717) is 16.7 Å². The highest BCUT2D eigenvalue weighted by atomic mass is 35.5. The average molecular weight is 287 g/mol. The summed E-state index contributed by atoms with van der Waals surface area (Å²) in [7, 11) is 0. The Hall–Kier alpha value is -2.17. The van der Waals surface area contributed by atoms with E-state index >= 15 is 0 Å². The highest BCUT2D eigenvalue weighted by Gasteiger charge is 2.07. The van der Waals surface area contributed by atoms with E-state index < -0.39 is 0 Å². The van der Waals surface area contributed by atoms with Gasteiger partial charge >= 0.3 is 0 Å². The molecule has 0 unspecified atom stereocenters. The van der Waals surface area contributed by atoms with Crippen LogP contribution in [0.5, 0.6) is 11.6 Å². The first kappa shape index (κ1) is 12.8. The number of para-hydroxylation sites is 1. The number of ether oxygens (including phenoxy) is 1. The lowest BCUT2D eigenvalue weighted by atomic mass is 10.1. The van der Waals surface area contributed by atoms with Crippen molar-refractivity contribution in [3.63, 3.8) is 0 Å². The molecule has 0 fully saturated rings. The van der Waals surface area contributed by atoms with E-state index in [2.05, 4.69) is 9.97 Å². The Balaban J connectivity index is 2.03. The third kappa shape index (κ3) is 2.57. The van der Waals surface area contributed by atoms with Crippen LogP contribution in [0.3, 0.4) is 0 Å². The molecule has 4 nitrogen and oxygen atoms in total. The zero-order chi connectivity index (χ0) is 13.9. The Bertz CT molecular complexity index is 762. The second-order valence-electron chi connectivity index (χ2n) is 4.24. The predicted molar refractivity (Wildman–Crippen MR) is 77.0 cm³/mol. The van der Waals surface area contributed by atoms with E-state index in [-0.39, 0.29) is 6.61 Å². The molecular formula is C15H11ClN2O2. The van der Waals surface area contributed by atoms with Gasteiger partial charge in [0.05, 0.1) is 23.3 Å². The first-order valence-electron chi connectivity index (χ1n) is 6.04. The van der Waals surface area contributed by atoms with Gasteiger partial charge in [-0.15, -0.1) is 0 Å². The maximum Gasteiger partial charge on any atom is 0.220 e. The summed E-state index contributed by atoms with van der Waals surface area (Å²) in [5, 5.41) is 10.9. The normalized spacial score (nSPS) is 10.7. The van der Waals surface area contributed by atoms with E-state index in [1.165, 1.54) is 6.20 Å². The zero-order valence-corrected chi connectivity index (χ0v) is 11.2. The third-order valence-corrected chi connectivity index (χ3v) is 3.06. The molecule has 5 heteroatoms. The smallest absolute Gasteiger partial charge is 0.220 e. The lowest BCUT2D eigenvalue weighted by molar-refractivity contribution is 0.282. The predicted octanol–water partition coefficient (Wildman–Crippen LogP) is 3.57. The lowest BCUT2D eigenvalue weighted by Gasteiger charge is -2.09. The molecule has 0 aliphatic carbocycles. The van der Waals surface area contributed by atoms with Crippen molar-refractivity contribution in [1.82, 2.24) is 9.97 Å². The van der Waals surface area contributed by atoms with Crippen LogP contribution >= 0.6 is 11.6 Å². The highest BCUT2D eigenvalue weighted by Crippen LogP contribution is 2.26. The van der Waals surface area contributed by atoms with Gasteiger partial charge in [-0.25, -0.2) is 4.98 Å². The Morgan fingerprint density at radius 3 is 2.80 bits per heavy atom. The van der Waals surface area contributed by atoms with E-state index in [9.17, 15) is 5.11 Å². The fourth-order valence-corrected chi connectivity index (χ4v) is 2.14. The second-order valence-corrected chi connectivity index (χ2v) is 4.67. The monoisotopic (exact) mass is 286 g/mol. The third-order valence-electron chi connectivity index (χ3n) is 2.85. The topological polar surface area (TPSA) is 55.2 Å². The van der Waals surface area contributed by atoms with Crippen molar-refractivity contribution < 1.29 is 9.84 Å². The van der Waals surface area contributed by atoms with Gasteiger partial charge in [0.25, 0.3) is 0 Å². The number of hydrogen-bond acceptors (Lipinski definition) is 4. The number of aliphatic hydroxyl groups is 1. The molecule has 100 valence electrons. The van der Waals surface area contributed by atoms with E-state index in [1.807, 2.05) is 24.3 Å². The summed E-state index contributed by atoms with van der Waals surface area (Å²) < 4.78 is 5.64. The molecule has 1 aromatic carbocycles. The van der Waals surface area contributed by atoms with E-state index in [0.717, 1.165) is 16.5 Å². The standard InChI is InChI=1S/C15H11ClN2O2/c16-11-6-12(8-17-7-11)20-15-5-10(9-19)13-3-1-2-4-14(13)18-15/h1-8,19H,9H2. The molecule has 0 saturated carbocycles. The molecular weight excluding hydrogens is 276 g/mol. The van der Waals surface area contributed by atoms with Gasteiger partial charge in [0, 0.05) is 23.7 Å². The molecule has 2 heterocycles. The number of halogens is 1. The number of aromatic nitrogens is 2. The van der Waals surface area contributed by atoms with Crippen molar-refractivity contribution in [3.8, 4) is 11.6 Å². The molecule has 0 spiro atoms. The van der Waals surface area contributed by atoms with Gasteiger partial charge in [-0.2, -0.15) is 0 Å². The first-order valence-corrected chi connectivity index (χ1v) is 6.42. The Kier molecular flexibility index (Phi) is 3.50. The Morgan fingerprint density at radius 1 is 1.15 bits per heavy atom. The zero-order valence-electron chi connectivity index (χ0n) is 10.5. The fraction of sp³-hybridized carbons (Fsp3) is 0.0667. The summed E-state index contributed by atoms with van der Waals surface area (Å²) in [6.45, 7) is -0.0762. The van der Waals surface area contributed by atoms with Crippen LogP contribution in [-0.2, 0) is 6.61 Å². The van der Waals surface area contributed by atoms with Gasteiger partial charge < -0.3 is 9.84 Å². The quantitative estimate of drug-likeness (QED) is 0.800. The van der Waals surface area contributed by atoms with Gasteiger partial charge in [0.2, 0.25) is 5.88 Å². The lowest BCUT2D eigenvalue weighted by Crippen LogP contribution is -1.94. The van der Waals surface area contributed by atoms with E-state index in [1.54, 1.807) is 18.3 Å². The van der Waals surface area contributed by atoms with Crippen LogP contribution in [0.4, 0.5) is 0 Å². The van der Waals surface area contributed by atoms with E-state index in [4.69, 9.17) is 16.3 Å². The second kappa shape index (κ2) is 5.45. The van der Waals surface area contributed by atoms with Crippen molar-refractivity contribution >= 4 is 22.5 Å². The average Bonchev–Trinajstić information content (AvgIpc) is 2.46. The van der Waals surface area contributed by atoms with Crippen LogP contribution in [0.25, 0.3) is 10.9 Å². The van der Waals surface area contributed by atoms with Crippen LogP contribution in [0.2, 0.25) is 5.02 Å². The van der Waals surface area contributed by atoms with Crippen molar-refractivity contribution in [1.29, 1.82) is 0 Å². The largest absolute Gasteiger partial charge is 0.437 e. The van der Waals surface area contributed by atoms with Gasteiger partial charge in [0.15, 0.2) is 0 Å². The molecule has 0 amide bonds. The van der Waals surface area contributed by atoms with Gasteiger partial charge in [0.1, 0.15) is 5.75 Å². The Labute approximate surface area is 120 Å². The number of rotatable bonds is 3. The number of benzene rings is 1. The highest BCUT2D eigenvalue weighted by molar-refractivity contribution is 6.30. The van der Waals surface area contributed by atoms with Crippen molar-refractivity contribution in [2.24, 2.45) is 0 Å². The molecule has 0 radical (unpaired) electrons. The number of hydrogen-bond donors (Lipinski definition) is 1. The first-order chi connectivity index (χ1) is 9.76. The van der Waals surface area contributed by atoms with Crippen molar-refractivity contribution in [3.05, 3.63) is 59.4 Å². The van der Waals surface area contributed by atoms with Gasteiger partial charge in [-0.05, 0) is 11.6 Å². The minimum absolute atomic E-state index is 0.0762. The Morgan fingerprint density at radius 2 is 2.00 bits per heavy atom. The maximum atomic E-state index is 9.45. The summed E-state index contributed by atoms with van der Waals surface area (Å²) in [6, 6.07) is 11.0. The fourth-order valence-electron chi connectivity index (χ4n) is 1.97. The molecule has 1 N–H and O–H groups in total. The number of nitrogens with zero attached hydrogens (tertiary/aromatic N) is 2. The minimum atomic E-state index is -0.0762. The molecule has 0 aliphatic heterocycles. The molecule has 0 bridgehead atoms. The number of aliphatic hydroxyl groups excluding tert-OH is 1. The van der Waals surface area contributed by atoms with Crippen LogP contribution in [0.15, 0.2) is 48.8 Å². The summed E-state index contributed by atoms with van der Waals surface area (Å²) >= 11 is 5.86. The van der Waals surface area contributed by atoms with Crippen LogP contribution < -0.4 is 4.74 Å². The van der Waals surface area contributed by atoms with Crippen LogP contribution in [-0.4, -0.2) is 15.1 Å². The molecule has 3 rings (SSSR count). The molecule has 0 aliphatic rings. The maximum absolute atomic E-state index is 9.45. The number of fused-ring (bicyclic) bond motifs is 1. The summed E-state index contributed by atoms with van der Waals surface area (Å²) in [5.74, 6) is 0.904. The van der Waals surface area contributed by atoms with Crippen molar-refractivity contribution in [2.45, 2.75) is 6.61 Å².